The Morgan fingerprint density at radius 1 is 1.07 bits per heavy atom. The maximum Gasteiger partial charge on any atom is 0.185 e. The molecule has 1 unspecified atom stereocenters. The minimum atomic E-state index is -0.200. The molecule has 1 aliphatic heterocycles. The fourth-order valence-electron chi connectivity index (χ4n) is 1.52. The van der Waals surface area contributed by atoms with Crippen molar-refractivity contribution < 1.29 is 9.47 Å². The van der Waals surface area contributed by atoms with Crippen LogP contribution >= 0.6 is 9.24 Å². The molecule has 1 aromatic carbocycles. The number of rotatable bonds is 1. The molecule has 2 rings (SSSR count). The lowest BCUT2D eigenvalue weighted by molar-refractivity contribution is -0.0645. The van der Waals surface area contributed by atoms with E-state index in [1.807, 2.05) is 38.1 Å². The first-order chi connectivity index (χ1) is 6.68. The van der Waals surface area contributed by atoms with E-state index in [9.17, 15) is 0 Å². The Kier molecular flexibility index (Phi) is 2.87. The van der Waals surface area contributed by atoms with Crippen molar-refractivity contribution >= 4 is 14.5 Å². The molecule has 1 heterocycles. The minimum Gasteiger partial charge on any atom is -0.343 e. The van der Waals surface area contributed by atoms with Crippen LogP contribution in [0.15, 0.2) is 24.3 Å². The highest BCUT2D eigenvalue weighted by Gasteiger charge is 2.31. The number of benzene rings is 1. The summed E-state index contributed by atoms with van der Waals surface area (Å²) in [4.78, 5) is 0. The second kappa shape index (κ2) is 3.98. The second-order valence-corrected chi connectivity index (χ2v) is 4.27. The van der Waals surface area contributed by atoms with E-state index in [2.05, 4.69) is 9.24 Å². The van der Waals surface area contributed by atoms with Crippen LogP contribution in [0.25, 0.3) is 0 Å². The summed E-state index contributed by atoms with van der Waals surface area (Å²) in [7, 11) is 2.70. The Balaban J connectivity index is 2.21. The smallest absolute Gasteiger partial charge is 0.185 e. The SMILES string of the molecule is C[C@H]1OC(c2ccccc2P)O[C@@H]1C. The van der Waals surface area contributed by atoms with Gasteiger partial charge in [-0.1, -0.05) is 24.3 Å². The van der Waals surface area contributed by atoms with Gasteiger partial charge in [-0.15, -0.1) is 9.24 Å². The van der Waals surface area contributed by atoms with Crippen molar-refractivity contribution in [1.29, 1.82) is 0 Å². The minimum absolute atomic E-state index is 0.171. The summed E-state index contributed by atoms with van der Waals surface area (Å²) in [5.41, 5.74) is 1.11. The zero-order chi connectivity index (χ0) is 10.1. The molecular formula is C11H15O2P. The summed E-state index contributed by atoms with van der Waals surface area (Å²) in [5, 5.41) is 1.14. The Morgan fingerprint density at radius 3 is 2.21 bits per heavy atom. The lowest BCUT2D eigenvalue weighted by Crippen LogP contribution is -2.13. The van der Waals surface area contributed by atoms with Crippen LogP contribution in [0.1, 0.15) is 25.7 Å². The van der Waals surface area contributed by atoms with E-state index in [0.29, 0.717) is 0 Å². The van der Waals surface area contributed by atoms with Crippen molar-refractivity contribution in [3.05, 3.63) is 29.8 Å². The Labute approximate surface area is 86.8 Å². The average Bonchev–Trinajstić information content (AvgIpc) is 2.48. The van der Waals surface area contributed by atoms with E-state index in [0.717, 1.165) is 10.9 Å². The molecule has 3 atom stereocenters. The van der Waals surface area contributed by atoms with Gasteiger partial charge in [0.15, 0.2) is 6.29 Å². The molecule has 0 bridgehead atoms. The summed E-state index contributed by atoms with van der Waals surface area (Å²) in [6.07, 6.45) is 0.142. The standard InChI is InChI=1S/C11H15O2P/c1-7-8(2)13-11(12-7)9-5-3-4-6-10(9)14/h3-8,11H,14H2,1-2H3/t7-,8-/m1/s1. The molecule has 1 aromatic rings. The van der Waals surface area contributed by atoms with Crippen LogP contribution in [0.2, 0.25) is 0 Å². The van der Waals surface area contributed by atoms with Crippen LogP contribution in [0.3, 0.4) is 0 Å². The summed E-state index contributed by atoms with van der Waals surface area (Å²) in [6, 6.07) is 8.09. The van der Waals surface area contributed by atoms with Crippen molar-refractivity contribution in [2.45, 2.75) is 32.3 Å². The molecule has 0 radical (unpaired) electrons. The van der Waals surface area contributed by atoms with Gasteiger partial charge in [-0.3, -0.25) is 0 Å². The van der Waals surface area contributed by atoms with Crippen LogP contribution < -0.4 is 5.30 Å². The van der Waals surface area contributed by atoms with Gasteiger partial charge in [-0.2, -0.15) is 0 Å². The number of hydrogen-bond donors (Lipinski definition) is 0. The Morgan fingerprint density at radius 2 is 1.64 bits per heavy atom. The van der Waals surface area contributed by atoms with Gasteiger partial charge < -0.3 is 9.47 Å². The first-order valence-electron chi connectivity index (χ1n) is 4.84. The third-order valence-corrected chi connectivity index (χ3v) is 3.11. The monoisotopic (exact) mass is 210 g/mol. The molecule has 1 saturated heterocycles. The molecule has 0 amide bonds. The fourth-order valence-corrected chi connectivity index (χ4v) is 1.86. The van der Waals surface area contributed by atoms with Gasteiger partial charge in [0.2, 0.25) is 0 Å². The number of hydrogen-bond acceptors (Lipinski definition) is 2. The molecule has 0 N–H and O–H groups in total. The van der Waals surface area contributed by atoms with Crippen molar-refractivity contribution in [2.24, 2.45) is 0 Å². The largest absolute Gasteiger partial charge is 0.343 e. The van der Waals surface area contributed by atoms with Crippen molar-refractivity contribution in [3.63, 3.8) is 0 Å². The highest BCUT2D eigenvalue weighted by atomic mass is 31.0. The zero-order valence-electron chi connectivity index (χ0n) is 8.44. The summed E-state index contributed by atoms with van der Waals surface area (Å²) < 4.78 is 11.4. The van der Waals surface area contributed by atoms with Crippen LogP contribution in [0.4, 0.5) is 0 Å². The zero-order valence-corrected chi connectivity index (χ0v) is 9.59. The molecule has 0 spiro atoms. The summed E-state index contributed by atoms with van der Waals surface area (Å²) >= 11 is 0. The maximum absolute atomic E-state index is 5.70. The van der Waals surface area contributed by atoms with Crippen molar-refractivity contribution in [3.8, 4) is 0 Å². The van der Waals surface area contributed by atoms with Gasteiger partial charge in [0, 0.05) is 5.56 Å². The molecule has 0 aliphatic carbocycles. The first kappa shape index (κ1) is 10.1. The molecule has 1 fully saturated rings. The normalized spacial score (nSPS) is 28.2. The van der Waals surface area contributed by atoms with Gasteiger partial charge in [-0.25, -0.2) is 0 Å². The molecular weight excluding hydrogens is 195 g/mol. The predicted octanol–water partition coefficient (Wildman–Crippen LogP) is 2.01. The van der Waals surface area contributed by atoms with E-state index in [-0.39, 0.29) is 18.5 Å². The Bertz CT molecular complexity index is 317. The van der Waals surface area contributed by atoms with Crippen LogP contribution in [0, 0.1) is 0 Å². The van der Waals surface area contributed by atoms with Gasteiger partial charge >= 0.3 is 0 Å². The third-order valence-electron chi connectivity index (χ3n) is 2.59. The lowest BCUT2D eigenvalue weighted by atomic mass is 10.2. The van der Waals surface area contributed by atoms with Gasteiger partial charge in [-0.05, 0) is 19.2 Å². The second-order valence-electron chi connectivity index (χ2n) is 3.64. The van der Waals surface area contributed by atoms with E-state index in [1.54, 1.807) is 0 Å². The molecule has 3 heteroatoms. The third kappa shape index (κ3) is 1.83. The first-order valence-corrected chi connectivity index (χ1v) is 5.41. The highest BCUT2D eigenvalue weighted by Crippen LogP contribution is 2.30. The van der Waals surface area contributed by atoms with Crippen LogP contribution in [-0.2, 0) is 9.47 Å². The Hall–Kier alpha value is -0.430. The lowest BCUT2D eigenvalue weighted by Gasteiger charge is -2.12. The summed E-state index contributed by atoms with van der Waals surface area (Å²) in [6.45, 7) is 4.08. The molecule has 0 saturated carbocycles. The van der Waals surface area contributed by atoms with Gasteiger partial charge in [0.05, 0.1) is 12.2 Å². The number of ether oxygens (including phenoxy) is 2. The van der Waals surface area contributed by atoms with E-state index in [4.69, 9.17) is 9.47 Å². The van der Waals surface area contributed by atoms with Crippen LogP contribution in [0.5, 0.6) is 0 Å². The highest BCUT2D eigenvalue weighted by molar-refractivity contribution is 7.27. The van der Waals surface area contributed by atoms with E-state index in [1.165, 1.54) is 0 Å². The maximum atomic E-state index is 5.70. The van der Waals surface area contributed by atoms with E-state index < -0.39 is 0 Å². The van der Waals surface area contributed by atoms with Gasteiger partial charge in [0.25, 0.3) is 0 Å². The summed E-state index contributed by atoms with van der Waals surface area (Å²) in [5.74, 6) is 0. The predicted molar refractivity (Wildman–Crippen MR) is 59.6 cm³/mol. The average molecular weight is 210 g/mol. The fraction of sp³-hybridized carbons (Fsp3) is 0.455. The van der Waals surface area contributed by atoms with E-state index >= 15 is 0 Å². The topological polar surface area (TPSA) is 18.5 Å². The quantitative estimate of drug-likeness (QED) is 0.660. The molecule has 76 valence electrons. The van der Waals surface area contributed by atoms with Crippen molar-refractivity contribution in [2.75, 3.05) is 0 Å². The van der Waals surface area contributed by atoms with Crippen LogP contribution in [-0.4, -0.2) is 12.2 Å². The molecule has 1 aliphatic rings. The molecule has 14 heavy (non-hydrogen) atoms. The molecule has 0 aromatic heterocycles. The molecule has 2 nitrogen and oxygen atoms in total. The van der Waals surface area contributed by atoms with Crippen molar-refractivity contribution in [1.82, 2.24) is 0 Å². The van der Waals surface area contributed by atoms with Gasteiger partial charge in [0.1, 0.15) is 0 Å².